The predicted molar refractivity (Wildman–Crippen MR) is 74.5 cm³/mol. The van der Waals surface area contributed by atoms with Crippen molar-refractivity contribution in [3.05, 3.63) is 60.2 Å². The maximum Gasteiger partial charge on any atom is 0.0589 e. The molecule has 4 heteroatoms. The highest BCUT2D eigenvalue weighted by Gasteiger charge is 2.08. The van der Waals surface area contributed by atoms with E-state index in [1.807, 2.05) is 48.8 Å². The summed E-state index contributed by atoms with van der Waals surface area (Å²) in [6.07, 6.45) is 3.65. The molecule has 0 saturated heterocycles. The van der Waals surface area contributed by atoms with E-state index in [0.717, 1.165) is 31.0 Å². The molecule has 0 amide bonds. The summed E-state index contributed by atoms with van der Waals surface area (Å²) in [4.78, 5) is 11.0. The molecule has 0 spiro atoms. The van der Waals surface area contributed by atoms with Crippen LogP contribution in [0.25, 0.3) is 0 Å². The molecule has 0 radical (unpaired) electrons. The van der Waals surface area contributed by atoms with Crippen molar-refractivity contribution in [2.75, 3.05) is 20.3 Å². The molecule has 100 valence electrons. The summed E-state index contributed by atoms with van der Waals surface area (Å²) in [5.74, 6) is 0. The van der Waals surface area contributed by atoms with Crippen molar-refractivity contribution in [2.45, 2.75) is 13.1 Å². The van der Waals surface area contributed by atoms with Crippen LogP contribution in [-0.2, 0) is 17.8 Å². The molecule has 2 aromatic rings. The Hall–Kier alpha value is -1.78. The van der Waals surface area contributed by atoms with Crippen LogP contribution in [0.15, 0.2) is 48.8 Å². The predicted octanol–water partition coefficient (Wildman–Crippen LogP) is 2.13. The van der Waals surface area contributed by atoms with Crippen LogP contribution >= 0.6 is 0 Å². The van der Waals surface area contributed by atoms with Gasteiger partial charge in [-0.1, -0.05) is 12.1 Å². The maximum absolute atomic E-state index is 5.17. The van der Waals surface area contributed by atoms with Gasteiger partial charge < -0.3 is 4.74 Å². The Kier molecular flexibility index (Phi) is 5.47. The Morgan fingerprint density at radius 2 is 1.53 bits per heavy atom. The Balaban J connectivity index is 1.99. The van der Waals surface area contributed by atoms with Crippen molar-refractivity contribution in [3.8, 4) is 0 Å². The molecule has 0 unspecified atom stereocenters. The summed E-state index contributed by atoms with van der Waals surface area (Å²) in [7, 11) is 1.72. The van der Waals surface area contributed by atoms with Crippen molar-refractivity contribution in [1.82, 2.24) is 14.9 Å². The topological polar surface area (TPSA) is 38.2 Å². The molecule has 0 N–H and O–H groups in total. The second kappa shape index (κ2) is 7.61. The van der Waals surface area contributed by atoms with Crippen LogP contribution in [0, 0.1) is 0 Å². The van der Waals surface area contributed by atoms with Crippen molar-refractivity contribution in [2.24, 2.45) is 0 Å². The van der Waals surface area contributed by atoms with E-state index in [2.05, 4.69) is 14.9 Å². The van der Waals surface area contributed by atoms with Crippen LogP contribution in [0.5, 0.6) is 0 Å². The Labute approximate surface area is 114 Å². The Bertz CT molecular complexity index is 420. The summed E-state index contributed by atoms with van der Waals surface area (Å²) in [5.41, 5.74) is 2.13. The number of rotatable bonds is 7. The first kappa shape index (κ1) is 13.6. The molecule has 0 saturated carbocycles. The van der Waals surface area contributed by atoms with Gasteiger partial charge in [0.05, 0.1) is 18.0 Å². The Morgan fingerprint density at radius 1 is 0.947 bits per heavy atom. The van der Waals surface area contributed by atoms with Crippen molar-refractivity contribution < 1.29 is 4.74 Å². The van der Waals surface area contributed by atoms with Gasteiger partial charge in [-0.3, -0.25) is 14.9 Å². The zero-order chi connectivity index (χ0) is 13.3. The molecule has 0 aromatic carbocycles. The number of ether oxygens (including phenoxy) is 1. The van der Waals surface area contributed by atoms with Crippen LogP contribution in [0.1, 0.15) is 11.4 Å². The van der Waals surface area contributed by atoms with E-state index in [1.54, 1.807) is 7.11 Å². The number of hydrogen-bond acceptors (Lipinski definition) is 4. The fourth-order valence-electron chi connectivity index (χ4n) is 1.88. The zero-order valence-electron chi connectivity index (χ0n) is 11.2. The second-order valence-corrected chi connectivity index (χ2v) is 4.35. The standard InChI is InChI=1S/C15H19N3O/c1-19-11-10-18(12-14-6-2-4-8-16-14)13-15-7-3-5-9-17-15/h2-9H,10-13H2,1H3. The van der Waals surface area contributed by atoms with E-state index >= 15 is 0 Å². The molecular formula is C15H19N3O. The van der Waals surface area contributed by atoms with E-state index in [4.69, 9.17) is 4.74 Å². The summed E-state index contributed by atoms with van der Waals surface area (Å²) in [5, 5.41) is 0. The fourth-order valence-corrected chi connectivity index (χ4v) is 1.88. The lowest BCUT2D eigenvalue weighted by Crippen LogP contribution is -2.27. The third-order valence-electron chi connectivity index (χ3n) is 2.84. The highest BCUT2D eigenvalue weighted by Crippen LogP contribution is 2.06. The molecule has 0 fully saturated rings. The number of aromatic nitrogens is 2. The monoisotopic (exact) mass is 257 g/mol. The van der Waals surface area contributed by atoms with Crippen LogP contribution < -0.4 is 0 Å². The number of methoxy groups -OCH3 is 1. The van der Waals surface area contributed by atoms with Crippen molar-refractivity contribution in [1.29, 1.82) is 0 Å². The average molecular weight is 257 g/mol. The SMILES string of the molecule is COCCN(Cc1ccccn1)Cc1ccccn1. The highest BCUT2D eigenvalue weighted by molar-refractivity contribution is 5.06. The summed E-state index contributed by atoms with van der Waals surface area (Å²) < 4.78 is 5.17. The minimum absolute atomic E-state index is 0.708. The smallest absolute Gasteiger partial charge is 0.0589 e. The molecular weight excluding hydrogens is 238 g/mol. The van der Waals surface area contributed by atoms with E-state index in [0.29, 0.717) is 6.61 Å². The van der Waals surface area contributed by atoms with Crippen LogP contribution in [0.3, 0.4) is 0 Å². The van der Waals surface area contributed by atoms with Gasteiger partial charge in [0.2, 0.25) is 0 Å². The number of hydrogen-bond donors (Lipinski definition) is 0. The van der Waals surface area contributed by atoms with Crippen molar-refractivity contribution >= 4 is 0 Å². The van der Waals surface area contributed by atoms with Crippen LogP contribution in [0.4, 0.5) is 0 Å². The molecule has 0 atom stereocenters. The van der Waals surface area contributed by atoms with E-state index < -0.39 is 0 Å². The molecule has 0 aliphatic carbocycles. The van der Waals surface area contributed by atoms with Crippen LogP contribution in [-0.4, -0.2) is 35.1 Å². The van der Waals surface area contributed by atoms with Gasteiger partial charge in [-0.25, -0.2) is 0 Å². The number of nitrogens with zero attached hydrogens (tertiary/aromatic N) is 3. The van der Waals surface area contributed by atoms with Gasteiger partial charge in [0.1, 0.15) is 0 Å². The fraction of sp³-hybridized carbons (Fsp3) is 0.333. The minimum Gasteiger partial charge on any atom is -0.383 e. The average Bonchev–Trinajstić information content (AvgIpc) is 2.47. The van der Waals surface area contributed by atoms with Gasteiger partial charge in [-0.05, 0) is 24.3 Å². The second-order valence-electron chi connectivity index (χ2n) is 4.35. The molecule has 0 aliphatic rings. The molecule has 19 heavy (non-hydrogen) atoms. The maximum atomic E-state index is 5.17. The van der Waals surface area contributed by atoms with Gasteiger partial charge in [-0.2, -0.15) is 0 Å². The van der Waals surface area contributed by atoms with Gasteiger partial charge in [0.15, 0.2) is 0 Å². The summed E-state index contributed by atoms with van der Waals surface area (Å²) >= 11 is 0. The quantitative estimate of drug-likeness (QED) is 0.761. The first-order valence-corrected chi connectivity index (χ1v) is 6.39. The van der Waals surface area contributed by atoms with E-state index in [-0.39, 0.29) is 0 Å². The zero-order valence-corrected chi connectivity index (χ0v) is 11.2. The normalized spacial score (nSPS) is 10.8. The summed E-state index contributed by atoms with van der Waals surface area (Å²) in [6.45, 7) is 3.19. The van der Waals surface area contributed by atoms with Gasteiger partial charge >= 0.3 is 0 Å². The van der Waals surface area contributed by atoms with E-state index in [9.17, 15) is 0 Å². The molecule has 4 nitrogen and oxygen atoms in total. The van der Waals surface area contributed by atoms with Gasteiger partial charge in [-0.15, -0.1) is 0 Å². The third kappa shape index (κ3) is 4.77. The molecule has 2 rings (SSSR count). The molecule has 0 bridgehead atoms. The summed E-state index contributed by atoms with van der Waals surface area (Å²) in [6, 6.07) is 12.0. The third-order valence-corrected chi connectivity index (χ3v) is 2.84. The lowest BCUT2D eigenvalue weighted by Gasteiger charge is -2.21. The number of pyridine rings is 2. The van der Waals surface area contributed by atoms with E-state index in [1.165, 1.54) is 0 Å². The lowest BCUT2D eigenvalue weighted by atomic mass is 10.3. The molecule has 2 heterocycles. The molecule has 0 aliphatic heterocycles. The minimum atomic E-state index is 0.708. The first-order chi connectivity index (χ1) is 9.38. The van der Waals surface area contributed by atoms with Crippen molar-refractivity contribution in [3.63, 3.8) is 0 Å². The Morgan fingerprint density at radius 3 is 1.95 bits per heavy atom. The largest absolute Gasteiger partial charge is 0.383 e. The lowest BCUT2D eigenvalue weighted by molar-refractivity contribution is 0.138. The first-order valence-electron chi connectivity index (χ1n) is 6.39. The van der Waals surface area contributed by atoms with Gasteiger partial charge in [0, 0.05) is 39.1 Å². The highest BCUT2D eigenvalue weighted by atomic mass is 16.5. The van der Waals surface area contributed by atoms with Crippen LogP contribution in [0.2, 0.25) is 0 Å². The van der Waals surface area contributed by atoms with Gasteiger partial charge in [0.25, 0.3) is 0 Å². The molecule has 2 aromatic heterocycles.